The number of nitrogens with zero attached hydrogens (tertiary/aromatic N) is 2. The number of aromatic nitrogens is 2. The molecule has 2 amide bonds. The largest absolute Gasteiger partial charge is 0.496 e. The molecule has 39 heavy (non-hydrogen) atoms. The second-order valence-corrected chi connectivity index (χ2v) is 10.7. The SMILES string of the molecule is COc1ccccc1C(=O)NCc1ccc(-c2nn(C3CC[C@H](OC(=O)C(C)(C)C)C3)c(N)c2C(N)=O)cc1. The van der Waals surface area contributed by atoms with E-state index in [0.717, 1.165) is 5.56 Å². The van der Waals surface area contributed by atoms with Gasteiger partial charge >= 0.3 is 5.97 Å². The Balaban J connectivity index is 1.48. The van der Waals surface area contributed by atoms with E-state index in [-0.39, 0.29) is 35.4 Å². The van der Waals surface area contributed by atoms with Crippen LogP contribution in [0.5, 0.6) is 5.75 Å². The fourth-order valence-electron chi connectivity index (χ4n) is 4.64. The maximum Gasteiger partial charge on any atom is 0.311 e. The predicted molar refractivity (Wildman–Crippen MR) is 147 cm³/mol. The summed E-state index contributed by atoms with van der Waals surface area (Å²) in [6.07, 6.45) is 1.70. The van der Waals surface area contributed by atoms with E-state index in [0.29, 0.717) is 48.4 Å². The minimum Gasteiger partial charge on any atom is -0.496 e. The Bertz CT molecular complexity index is 1370. The molecule has 2 aromatic carbocycles. The van der Waals surface area contributed by atoms with Gasteiger partial charge in [0.2, 0.25) is 0 Å². The number of primary amides is 1. The van der Waals surface area contributed by atoms with Crippen molar-refractivity contribution >= 4 is 23.6 Å². The van der Waals surface area contributed by atoms with Crippen LogP contribution in [0.15, 0.2) is 48.5 Å². The molecule has 10 nitrogen and oxygen atoms in total. The summed E-state index contributed by atoms with van der Waals surface area (Å²) >= 11 is 0. The van der Waals surface area contributed by atoms with Crippen LogP contribution < -0.4 is 21.5 Å². The summed E-state index contributed by atoms with van der Waals surface area (Å²) in [5.41, 5.74) is 14.0. The first-order valence-corrected chi connectivity index (χ1v) is 12.9. The molecule has 0 spiro atoms. The van der Waals surface area contributed by atoms with Crippen LogP contribution in [-0.4, -0.2) is 40.8 Å². The van der Waals surface area contributed by atoms with E-state index in [1.54, 1.807) is 28.9 Å². The van der Waals surface area contributed by atoms with Crippen molar-refractivity contribution < 1.29 is 23.9 Å². The number of nitrogen functional groups attached to an aromatic ring is 1. The highest BCUT2D eigenvalue weighted by atomic mass is 16.5. The molecule has 1 heterocycles. The number of carbonyl (C=O) groups is 3. The van der Waals surface area contributed by atoms with Gasteiger partial charge in [-0.25, -0.2) is 4.68 Å². The van der Waals surface area contributed by atoms with Gasteiger partial charge in [0.1, 0.15) is 28.9 Å². The molecule has 1 saturated carbocycles. The lowest BCUT2D eigenvalue weighted by Crippen LogP contribution is -2.27. The fourth-order valence-corrected chi connectivity index (χ4v) is 4.64. The van der Waals surface area contributed by atoms with Crippen molar-refractivity contribution in [1.82, 2.24) is 15.1 Å². The summed E-state index contributed by atoms with van der Waals surface area (Å²) in [6.45, 7) is 5.75. The van der Waals surface area contributed by atoms with Crippen molar-refractivity contribution in [1.29, 1.82) is 0 Å². The minimum atomic E-state index is -0.671. The normalized spacial score (nSPS) is 17.0. The van der Waals surface area contributed by atoms with Gasteiger partial charge in [-0.1, -0.05) is 36.4 Å². The van der Waals surface area contributed by atoms with Crippen molar-refractivity contribution in [3.8, 4) is 17.0 Å². The van der Waals surface area contributed by atoms with E-state index in [1.165, 1.54) is 7.11 Å². The summed E-state index contributed by atoms with van der Waals surface area (Å²) in [5, 5.41) is 7.56. The van der Waals surface area contributed by atoms with E-state index in [1.807, 2.05) is 45.0 Å². The number of esters is 1. The molecule has 206 valence electrons. The number of para-hydroxylation sites is 1. The first-order chi connectivity index (χ1) is 18.5. The number of benzene rings is 2. The van der Waals surface area contributed by atoms with E-state index in [4.69, 9.17) is 20.9 Å². The summed E-state index contributed by atoms with van der Waals surface area (Å²) in [5.74, 6) is -0.478. The van der Waals surface area contributed by atoms with Crippen molar-refractivity contribution in [2.75, 3.05) is 12.8 Å². The Labute approximate surface area is 227 Å². The Kier molecular flexibility index (Phi) is 7.94. The molecule has 0 saturated heterocycles. The monoisotopic (exact) mass is 533 g/mol. The van der Waals surface area contributed by atoms with Crippen molar-refractivity contribution in [2.24, 2.45) is 11.1 Å². The molecule has 2 atom stereocenters. The third kappa shape index (κ3) is 6.05. The lowest BCUT2D eigenvalue weighted by Gasteiger charge is -2.20. The standard InChI is InChI=1S/C29H35N5O5/c1-29(2,3)28(37)39-20-14-13-19(15-20)34-25(30)23(26(31)35)24(33-34)18-11-9-17(10-12-18)16-32-27(36)21-7-5-6-8-22(21)38-4/h5-12,19-20H,13-16,30H2,1-4H3,(H2,31,35)(H,32,36)/t19?,20-/m0/s1. The highest BCUT2D eigenvalue weighted by molar-refractivity contribution is 6.03. The van der Waals surface area contributed by atoms with E-state index in [2.05, 4.69) is 10.4 Å². The van der Waals surface area contributed by atoms with Gasteiger partial charge in [0, 0.05) is 18.5 Å². The molecule has 4 rings (SSSR count). The molecule has 3 aromatic rings. The lowest BCUT2D eigenvalue weighted by atomic mass is 9.97. The van der Waals surface area contributed by atoms with Gasteiger partial charge < -0.3 is 26.3 Å². The van der Waals surface area contributed by atoms with Gasteiger partial charge in [0.05, 0.1) is 24.1 Å². The number of carbonyl (C=O) groups excluding carboxylic acids is 3. The van der Waals surface area contributed by atoms with Crippen LogP contribution in [0.3, 0.4) is 0 Å². The first kappa shape index (κ1) is 27.7. The number of nitrogens with two attached hydrogens (primary N) is 2. The zero-order chi connectivity index (χ0) is 28.3. The second kappa shape index (κ2) is 11.2. The Morgan fingerprint density at radius 1 is 1.08 bits per heavy atom. The number of hydrogen-bond acceptors (Lipinski definition) is 7. The quantitative estimate of drug-likeness (QED) is 0.372. The Hall–Kier alpha value is -4.34. The zero-order valence-corrected chi connectivity index (χ0v) is 22.7. The van der Waals surface area contributed by atoms with Crippen molar-refractivity contribution in [3.63, 3.8) is 0 Å². The number of methoxy groups -OCH3 is 1. The van der Waals surface area contributed by atoms with Crippen molar-refractivity contribution in [3.05, 3.63) is 65.2 Å². The van der Waals surface area contributed by atoms with Gasteiger partial charge in [0.25, 0.3) is 11.8 Å². The summed E-state index contributed by atoms with van der Waals surface area (Å²) < 4.78 is 12.6. The first-order valence-electron chi connectivity index (χ1n) is 12.9. The highest BCUT2D eigenvalue weighted by Crippen LogP contribution is 2.37. The van der Waals surface area contributed by atoms with E-state index >= 15 is 0 Å². The third-order valence-corrected chi connectivity index (χ3v) is 6.81. The smallest absolute Gasteiger partial charge is 0.311 e. The van der Waals surface area contributed by atoms with Crippen LogP contribution >= 0.6 is 0 Å². The van der Waals surface area contributed by atoms with Crippen LogP contribution in [-0.2, 0) is 16.1 Å². The number of rotatable bonds is 8. The van der Waals surface area contributed by atoms with Gasteiger partial charge in [-0.05, 0) is 51.3 Å². The lowest BCUT2D eigenvalue weighted by molar-refractivity contribution is -0.158. The minimum absolute atomic E-state index is 0.126. The second-order valence-electron chi connectivity index (χ2n) is 10.7. The molecule has 5 N–H and O–H groups in total. The fraction of sp³-hybridized carbons (Fsp3) is 0.379. The topological polar surface area (TPSA) is 152 Å². The van der Waals surface area contributed by atoms with Gasteiger partial charge in [-0.2, -0.15) is 5.10 Å². The number of ether oxygens (including phenoxy) is 2. The number of amides is 2. The number of nitrogens with one attached hydrogen (secondary N) is 1. The van der Waals surface area contributed by atoms with Crippen LogP contribution in [0.2, 0.25) is 0 Å². The summed E-state index contributed by atoms with van der Waals surface area (Å²) in [4.78, 5) is 37.3. The maximum absolute atomic E-state index is 12.6. The summed E-state index contributed by atoms with van der Waals surface area (Å²) in [6, 6.07) is 14.2. The summed E-state index contributed by atoms with van der Waals surface area (Å²) in [7, 11) is 1.52. The third-order valence-electron chi connectivity index (χ3n) is 6.81. The molecule has 0 radical (unpaired) electrons. The Morgan fingerprint density at radius 2 is 1.77 bits per heavy atom. The number of hydrogen-bond donors (Lipinski definition) is 3. The Morgan fingerprint density at radius 3 is 2.41 bits per heavy atom. The highest BCUT2D eigenvalue weighted by Gasteiger charge is 2.35. The van der Waals surface area contributed by atoms with Crippen LogP contribution in [0.4, 0.5) is 5.82 Å². The molecule has 1 aliphatic rings. The molecule has 0 bridgehead atoms. The average Bonchev–Trinajstić information content (AvgIpc) is 3.50. The van der Waals surface area contributed by atoms with Crippen molar-refractivity contribution in [2.45, 2.75) is 58.7 Å². The molecule has 1 aliphatic carbocycles. The molecule has 1 unspecified atom stereocenters. The molecular weight excluding hydrogens is 498 g/mol. The van der Waals surface area contributed by atoms with Gasteiger partial charge in [-0.15, -0.1) is 0 Å². The number of anilines is 1. The average molecular weight is 534 g/mol. The van der Waals surface area contributed by atoms with E-state index < -0.39 is 11.3 Å². The molecule has 10 heteroatoms. The molecular formula is C29H35N5O5. The van der Waals surface area contributed by atoms with Crippen LogP contribution in [0, 0.1) is 5.41 Å². The predicted octanol–water partition coefficient (Wildman–Crippen LogP) is 3.85. The van der Waals surface area contributed by atoms with Gasteiger partial charge in [-0.3, -0.25) is 14.4 Å². The van der Waals surface area contributed by atoms with Crippen LogP contribution in [0.1, 0.15) is 72.4 Å². The molecule has 0 aliphatic heterocycles. The van der Waals surface area contributed by atoms with E-state index in [9.17, 15) is 14.4 Å². The molecule has 1 aromatic heterocycles. The van der Waals surface area contributed by atoms with Crippen LogP contribution in [0.25, 0.3) is 11.3 Å². The zero-order valence-electron chi connectivity index (χ0n) is 22.7. The maximum atomic E-state index is 12.6. The molecule has 1 fully saturated rings. The van der Waals surface area contributed by atoms with Gasteiger partial charge in [0.15, 0.2) is 0 Å².